The molecule has 2 aromatic heterocycles. The summed E-state index contributed by atoms with van der Waals surface area (Å²) in [6.07, 6.45) is 3.25. The lowest BCUT2D eigenvalue weighted by molar-refractivity contribution is 0.0956. The van der Waals surface area contributed by atoms with Gasteiger partial charge in [0.25, 0.3) is 5.91 Å². The Morgan fingerprint density at radius 3 is 2.83 bits per heavy atom. The van der Waals surface area contributed by atoms with Gasteiger partial charge in [0.15, 0.2) is 0 Å². The molecule has 0 unspecified atom stereocenters. The third-order valence-electron chi connectivity index (χ3n) is 4.39. The molecule has 0 aliphatic rings. The van der Waals surface area contributed by atoms with Gasteiger partial charge in [-0.15, -0.1) is 0 Å². The number of ether oxygens (including phenoxy) is 1. The second kappa shape index (κ2) is 8.36. The van der Waals surface area contributed by atoms with E-state index in [0.717, 1.165) is 21.1 Å². The summed E-state index contributed by atoms with van der Waals surface area (Å²) in [6, 6.07) is 18.9. The van der Waals surface area contributed by atoms with Crippen LogP contribution in [-0.4, -0.2) is 16.7 Å². The summed E-state index contributed by atoms with van der Waals surface area (Å²) < 4.78 is 14.2. The first-order valence-electron chi connectivity index (χ1n) is 8.95. The largest absolute Gasteiger partial charge is 0.484 e. The van der Waals surface area contributed by atoms with Gasteiger partial charge in [-0.25, -0.2) is 5.43 Å². The molecule has 0 aliphatic heterocycles. The van der Waals surface area contributed by atoms with E-state index in [0.29, 0.717) is 23.7 Å². The Labute approximate surface area is 175 Å². The van der Waals surface area contributed by atoms with Crippen molar-refractivity contribution in [3.05, 3.63) is 88.4 Å². The summed E-state index contributed by atoms with van der Waals surface area (Å²) >= 11 is 3.44. The molecule has 146 valence electrons. The molecule has 1 N–H and O–H groups in total. The first kappa shape index (κ1) is 19.0. The number of amides is 1. The highest BCUT2D eigenvalue weighted by atomic mass is 79.9. The number of aryl methyl sites for hydroxylation is 1. The topological polar surface area (TPSA) is 68.8 Å². The third-order valence-corrected chi connectivity index (χ3v) is 5.04. The normalized spacial score (nSPS) is 11.2. The van der Waals surface area contributed by atoms with E-state index in [9.17, 15) is 4.79 Å². The summed E-state index contributed by atoms with van der Waals surface area (Å²) in [4.78, 5) is 12.5. The Morgan fingerprint density at radius 2 is 1.97 bits per heavy atom. The lowest BCUT2D eigenvalue weighted by Crippen LogP contribution is -2.17. The molecule has 0 atom stereocenters. The number of hydrogen-bond donors (Lipinski definition) is 1. The first-order valence-corrected chi connectivity index (χ1v) is 9.74. The van der Waals surface area contributed by atoms with Gasteiger partial charge >= 0.3 is 0 Å². The predicted molar refractivity (Wildman–Crippen MR) is 115 cm³/mol. The van der Waals surface area contributed by atoms with Crippen molar-refractivity contribution in [3.8, 4) is 5.75 Å². The molecule has 4 aromatic rings. The van der Waals surface area contributed by atoms with Crippen LogP contribution in [-0.2, 0) is 13.7 Å². The number of benzene rings is 2. The van der Waals surface area contributed by atoms with Crippen molar-refractivity contribution in [3.63, 3.8) is 0 Å². The van der Waals surface area contributed by atoms with Gasteiger partial charge in [0, 0.05) is 24.1 Å². The van der Waals surface area contributed by atoms with E-state index in [2.05, 4.69) is 26.5 Å². The number of aromatic nitrogens is 1. The molecule has 0 fully saturated rings. The van der Waals surface area contributed by atoms with Gasteiger partial charge in [-0.2, -0.15) is 5.10 Å². The van der Waals surface area contributed by atoms with E-state index in [-0.39, 0.29) is 5.91 Å². The second-order valence-electron chi connectivity index (χ2n) is 6.39. The summed E-state index contributed by atoms with van der Waals surface area (Å²) in [5.41, 5.74) is 4.11. The smallest absolute Gasteiger partial charge is 0.273 e. The van der Waals surface area contributed by atoms with Crippen molar-refractivity contribution in [2.45, 2.75) is 6.61 Å². The number of hydrazone groups is 1. The number of hydrogen-bond acceptors (Lipinski definition) is 4. The molecule has 1 amide bonds. The standard InChI is InChI=1S/C22H18BrN3O3/c1-26-13-18(17-6-2-4-8-20(17)26)22(27)25-24-12-15-10-11-16(29-15)14-28-21-9-5-3-7-19(21)23/h2-13H,14H2,1H3,(H,25,27)/b24-12+. The maximum Gasteiger partial charge on any atom is 0.273 e. The monoisotopic (exact) mass is 451 g/mol. The van der Waals surface area contributed by atoms with Crippen LogP contribution in [0.3, 0.4) is 0 Å². The average Bonchev–Trinajstić information content (AvgIpc) is 3.32. The molecule has 0 saturated heterocycles. The van der Waals surface area contributed by atoms with Gasteiger partial charge < -0.3 is 13.7 Å². The lowest BCUT2D eigenvalue weighted by Gasteiger charge is -2.05. The summed E-state index contributed by atoms with van der Waals surface area (Å²) in [7, 11) is 1.91. The van der Waals surface area contributed by atoms with Crippen LogP contribution >= 0.6 is 15.9 Å². The number of halogens is 1. The number of nitrogens with one attached hydrogen (secondary N) is 1. The number of furan rings is 1. The Hall–Kier alpha value is -3.32. The van der Waals surface area contributed by atoms with E-state index in [1.807, 2.05) is 66.2 Å². The molecular formula is C22H18BrN3O3. The molecule has 0 bridgehead atoms. The zero-order chi connectivity index (χ0) is 20.2. The van der Waals surface area contributed by atoms with Crippen LogP contribution in [0, 0.1) is 0 Å². The van der Waals surface area contributed by atoms with Crippen molar-refractivity contribution in [1.82, 2.24) is 9.99 Å². The third kappa shape index (κ3) is 4.25. The van der Waals surface area contributed by atoms with Crippen molar-refractivity contribution < 1.29 is 13.9 Å². The van der Waals surface area contributed by atoms with Gasteiger partial charge in [-0.05, 0) is 46.3 Å². The van der Waals surface area contributed by atoms with E-state index in [4.69, 9.17) is 9.15 Å². The minimum Gasteiger partial charge on any atom is -0.484 e. The van der Waals surface area contributed by atoms with Gasteiger partial charge in [0.1, 0.15) is 23.9 Å². The molecule has 0 radical (unpaired) electrons. The Balaban J connectivity index is 1.37. The van der Waals surface area contributed by atoms with Gasteiger partial charge in [0.2, 0.25) is 0 Å². The number of carbonyl (C=O) groups is 1. The molecule has 0 saturated carbocycles. The fourth-order valence-electron chi connectivity index (χ4n) is 2.99. The molecule has 0 aliphatic carbocycles. The van der Waals surface area contributed by atoms with Gasteiger partial charge in [0.05, 0.1) is 16.3 Å². The summed E-state index contributed by atoms with van der Waals surface area (Å²) in [6.45, 7) is 0.290. The van der Waals surface area contributed by atoms with E-state index < -0.39 is 0 Å². The maximum absolute atomic E-state index is 12.5. The number of fused-ring (bicyclic) bond motifs is 1. The summed E-state index contributed by atoms with van der Waals surface area (Å²) in [5.74, 6) is 1.64. The predicted octanol–water partition coefficient (Wildman–Crippen LogP) is 4.88. The molecule has 29 heavy (non-hydrogen) atoms. The Morgan fingerprint density at radius 1 is 1.17 bits per heavy atom. The van der Waals surface area contributed by atoms with Gasteiger partial charge in [-0.3, -0.25) is 4.79 Å². The van der Waals surface area contributed by atoms with E-state index >= 15 is 0 Å². The maximum atomic E-state index is 12.5. The van der Waals surface area contributed by atoms with Gasteiger partial charge in [-0.1, -0.05) is 30.3 Å². The second-order valence-corrected chi connectivity index (χ2v) is 7.25. The Bertz CT molecular complexity index is 1190. The quantitative estimate of drug-likeness (QED) is 0.335. The molecule has 7 heteroatoms. The SMILES string of the molecule is Cn1cc(C(=O)N/N=C/c2ccc(COc3ccccc3Br)o2)c2ccccc21. The molecule has 4 rings (SSSR count). The minimum absolute atomic E-state index is 0.276. The Kier molecular flexibility index (Phi) is 5.48. The minimum atomic E-state index is -0.276. The van der Waals surface area contributed by atoms with E-state index in [1.165, 1.54) is 6.21 Å². The molecule has 2 aromatic carbocycles. The number of rotatable bonds is 6. The van der Waals surface area contributed by atoms with Crippen LogP contribution in [0.25, 0.3) is 10.9 Å². The number of nitrogens with zero attached hydrogens (tertiary/aromatic N) is 2. The highest BCUT2D eigenvalue weighted by Gasteiger charge is 2.12. The zero-order valence-electron chi connectivity index (χ0n) is 15.6. The highest BCUT2D eigenvalue weighted by molar-refractivity contribution is 9.10. The lowest BCUT2D eigenvalue weighted by atomic mass is 10.2. The molecule has 6 nitrogen and oxygen atoms in total. The van der Waals surface area contributed by atoms with Crippen molar-refractivity contribution in [2.24, 2.45) is 12.1 Å². The highest BCUT2D eigenvalue weighted by Crippen LogP contribution is 2.25. The number of carbonyl (C=O) groups excluding carboxylic acids is 1. The van der Waals surface area contributed by atoms with Crippen LogP contribution in [0.1, 0.15) is 21.9 Å². The number of para-hydroxylation sites is 2. The molecule has 2 heterocycles. The molecule has 0 spiro atoms. The summed E-state index contributed by atoms with van der Waals surface area (Å²) in [5, 5.41) is 4.89. The van der Waals surface area contributed by atoms with E-state index in [1.54, 1.807) is 12.3 Å². The van der Waals surface area contributed by atoms with Crippen LogP contribution in [0.4, 0.5) is 0 Å². The van der Waals surface area contributed by atoms with Crippen molar-refractivity contribution in [1.29, 1.82) is 0 Å². The zero-order valence-corrected chi connectivity index (χ0v) is 17.2. The van der Waals surface area contributed by atoms with Crippen molar-refractivity contribution >= 4 is 39.0 Å². The van der Waals surface area contributed by atoms with Crippen LogP contribution in [0.2, 0.25) is 0 Å². The van der Waals surface area contributed by atoms with Crippen LogP contribution in [0.15, 0.2) is 80.9 Å². The van der Waals surface area contributed by atoms with Crippen LogP contribution in [0.5, 0.6) is 5.75 Å². The van der Waals surface area contributed by atoms with Crippen LogP contribution < -0.4 is 10.2 Å². The average molecular weight is 452 g/mol. The molecular weight excluding hydrogens is 434 g/mol. The van der Waals surface area contributed by atoms with Crippen molar-refractivity contribution in [2.75, 3.05) is 0 Å². The fraction of sp³-hybridized carbons (Fsp3) is 0.0909. The fourth-order valence-corrected chi connectivity index (χ4v) is 3.39. The first-order chi connectivity index (χ1) is 14.1.